The average molecular weight is 457 g/mol. The molecule has 2 amide bonds. The lowest BCUT2D eigenvalue weighted by Gasteiger charge is -2.09. The van der Waals surface area contributed by atoms with E-state index in [9.17, 15) is 13.2 Å². The standard InChI is InChI=1S/C22H21ClN4O3S/c1-15-3-13-21(14-4-15)31(29,30)27-26-16(2)17-5-9-19(10-6-17)24-22(28)25-20-11-7-18(23)8-12-20/h3-14,27H,1-2H3,(H2,24,25,28). The fourth-order valence-electron chi connectivity index (χ4n) is 2.58. The van der Waals surface area contributed by atoms with E-state index < -0.39 is 16.1 Å². The van der Waals surface area contributed by atoms with E-state index >= 15 is 0 Å². The molecule has 0 unspecified atom stereocenters. The van der Waals surface area contributed by atoms with Gasteiger partial charge in [0.15, 0.2) is 0 Å². The van der Waals surface area contributed by atoms with E-state index in [1.54, 1.807) is 67.6 Å². The molecule has 0 aliphatic carbocycles. The molecule has 0 heterocycles. The Morgan fingerprint density at radius 1 is 0.839 bits per heavy atom. The summed E-state index contributed by atoms with van der Waals surface area (Å²) in [6.45, 7) is 3.57. The van der Waals surface area contributed by atoms with Crippen LogP contribution in [0.25, 0.3) is 0 Å². The summed E-state index contributed by atoms with van der Waals surface area (Å²) in [6.07, 6.45) is 0. The molecule has 9 heteroatoms. The topological polar surface area (TPSA) is 99.7 Å². The van der Waals surface area contributed by atoms with Crippen LogP contribution in [-0.2, 0) is 10.0 Å². The third kappa shape index (κ3) is 6.31. The van der Waals surface area contributed by atoms with Gasteiger partial charge >= 0.3 is 6.03 Å². The second-order valence-corrected chi connectivity index (χ2v) is 8.87. The summed E-state index contributed by atoms with van der Waals surface area (Å²) < 4.78 is 24.7. The number of aryl methyl sites for hydroxylation is 1. The maximum Gasteiger partial charge on any atom is 0.323 e. The molecule has 3 aromatic carbocycles. The Bertz CT molecular complexity index is 1190. The highest BCUT2D eigenvalue weighted by molar-refractivity contribution is 7.89. The summed E-state index contributed by atoms with van der Waals surface area (Å²) in [5, 5.41) is 9.99. The normalized spacial score (nSPS) is 11.6. The smallest absolute Gasteiger partial charge is 0.308 e. The molecule has 0 saturated carbocycles. The highest BCUT2D eigenvalue weighted by Gasteiger charge is 2.12. The van der Waals surface area contributed by atoms with Gasteiger partial charge in [-0.25, -0.2) is 4.79 Å². The number of halogens is 1. The number of carbonyl (C=O) groups is 1. The van der Waals surface area contributed by atoms with Gasteiger partial charge in [-0.15, -0.1) is 0 Å². The van der Waals surface area contributed by atoms with Gasteiger partial charge in [0.25, 0.3) is 10.0 Å². The number of benzene rings is 3. The molecule has 0 aromatic heterocycles. The molecule has 0 aliphatic rings. The van der Waals surface area contributed by atoms with E-state index in [2.05, 4.69) is 20.6 Å². The Morgan fingerprint density at radius 3 is 1.90 bits per heavy atom. The molecule has 0 aliphatic heterocycles. The minimum absolute atomic E-state index is 0.140. The zero-order chi connectivity index (χ0) is 22.4. The molecule has 0 saturated heterocycles. The van der Waals surface area contributed by atoms with Crippen LogP contribution in [0.4, 0.5) is 16.2 Å². The van der Waals surface area contributed by atoms with Gasteiger partial charge in [-0.1, -0.05) is 41.4 Å². The Morgan fingerprint density at radius 2 is 1.35 bits per heavy atom. The van der Waals surface area contributed by atoms with Gasteiger partial charge in [-0.05, 0) is 67.9 Å². The first-order valence-corrected chi connectivity index (χ1v) is 11.2. The van der Waals surface area contributed by atoms with Crippen molar-refractivity contribution in [1.29, 1.82) is 0 Å². The number of hydrogen-bond acceptors (Lipinski definition) is 4. The molecular weight excluding hydrogens is 436 g/mol. The number of hydrogen-bond donors (Lipinski definition) is 3. The third-order valence-electron chi connectivity index (χ3n) is 4.33. The van der Waals surface area contributed by atoms with E-state index in [1.807, 2.05) is 6.92 Å². The van der Waals surface area contributed by atoms with Gasteiger partial charge in [0.1, 0.15) is 0 Å². The van der Waals surface area contributed by atoms with E-state index in [0.29, 0.717) is 27.7 Å². The van der Waals surface area contributed by atoms with E-state index in [4.69, 9.17) is 11.6 Å². The lowest BCUT2D eigenvalue weighted by Crippen LogP contribution is -2.20. The first-order valence-electron chi connectivity index (χ1n) is 9.30. The van der Waals surface area contributed by atoms with Crippen molar-refractivity contribution in [2.45, 2.75) is 18.7 Å². The Kier molecular flexibility index (Phi) is 6.94. The zero-order valence-electron chi connectivity index (χ0n) is 16.9. The average Bonchev–Trinajstić information content (AvgIpc) is 2.74. The SMILES string of the molecule is CC(=NNS(=O)(=O)c1ccc(C)cc1)c1ccc(NC(=O)Nc2ccc(Cl)cc2)cc1. The maximum absolute atomic E-state index is 12.3. The predicted octanol–water partition coefficient (Wildman–Crippen LogP) is 4.99. The summed E-state index contributed by atoms with van der Waals surface area (Å²) in [5.74, 6) is 0. The van der Waals surface area contributed by atoms with E-state index in [-0.39, 0.29) is 4.90 Å². The Balaban J connectivity index is 1.61. The number of sulfonamides is 1. The molecule has 31 heavy (non-hydrogen) atoms. The third-order valence-corrected chi connectivity index (χ3v) is 5.80. The van der Waals surface area contributed by atoms with Gasteiger partial charge < -0.3 is 10.6 Å². The Labute approximate surface area is 186 Å². The van der Waals surface area contributed by atoms with Crippen molar-refractivity contribution in [3.63, 3.8) is 0 Å². The number of hydrazone groups is 1. The van der Waals surface area contributed by atoms with Crippen LogP contribution in [0.5, 0.6) is 0 Å². The number of urea groups is 1. The van der Waals surface area contributed by atoms with Crippen LogP contribution in [0.2, 0.25) is 5.02 Å². The molecule has 0 bridgehead atoms. The summed E-state index contributed by atoms with van der Waals surface area (Å²) in [7, 11) is -3.75. The summed E-state index contributed by atoms with van der Waals surface area (Å²) in [5.41, 5.74) is 3.34. The summed E-state index contributed by atoms with van der Waals surface area (Å²) in [6, 6.07) is 19.7. The first-order chi connectivity index (χ1) is 14.7. The van der Waals surface area contributed by atoms with Crippen molar-refractivity contribution < 1.29 is 13.2 Å². The number of amides is 2. The minimum atomic E-state index is -3.75. The maximum atomic E-state index is 12.3. The molecule has 7 nitrogen and oxygen atoms in total. The van der Waals surface area contributed by atoms with Crippen molar-refractivity contribution in [3.8, 4) is 0 Å². The van der Waals surface area contributed by atoms with Gasteiger partial charge in [0.2, 0.25) is 0 Å². The quantitative estimate of drug-likeness (QED) is 0.359. The Hall–Kier alpha value is -3.36. The molecule has 3 aromatic rings. The van der Waals surface area contributed by atoms with Crippen molar-refractivity contribution in [3.05, 3.63) is 88.9 Å². The van der Waals surface area contributed by atoms with Crippen LogP contribution < -0.4 is 15.5 Å². The monoisotopic (exact) mass is 456 g/mol. The second-order valence-electron chi connectivity index (χ2n) is 6.77. The number of nitrogens with zero attached hydrogens (tertiary/aromatic N) is 1. The number of nitrogens with one attached hydrogen (secondary N) is 3. The summed E-state index contributed by atoms with van der Waals surface area (Å²) in [4.78, 5) is 14.5. The number of carbonyl (C=O) groups excluding carboxylic acids is 1. The molecular formula is C22H21ClN4O3S. The van der Waals surface area contributed by atoms with Crippen LogP contribution in [0, 0.1) is 6.92 Å². The molecule has 3 rings (SSSR count). The molecule has 0 atom stereocenters. The van der Waals surface area contributed by atoms with E-state index in [0.717, 1.165) is 5.56 Å². The van der Waals surface area contributed by atoms with Crippen molar-refractivity contribution in [2.75, 3.05) is 10.6 Å². The molecule has 160 valence electrons. The zero-order valence-corrected chi connectivity index (χ0v) is 18.5. The molecule has 0 fully saturated rings. The predicted molar refractivity (Wildman–Crippen MR) is 124 cm³/mol. The fourth-order valence-corrected chi connectivity index (χ4v) is 3.57. The van der Waals surface area contributed by atoms with Crippen molar-refractivity contribution in [1.82, 2.24) is 4.83 Å². The van der Waals surface area contributed by atoms with Crippen molar-refractivity contribution in [2.24, 2.45) is 5.10 Å². The largest absolute Gasteiger partial charge is 0.323 e. The first kappa shape index (κ1) is 22.3. The van der Waals surface area contributed by atoms with E-state index in [1.165, 1.54) is 12.1 Å². The van der Waals surface area contributed by atoms with Gasteiger partial charge in [-0.2, -0.15) is 18.4 Å². The van der Waals surface area contributed by atoms with Gasteiger partial charge in [-0.3, -0.25) is 0 Å². The highest BCUT2D eigenvalue weighted by Crippen LogP contribution is 2.15. The number of rotatable bonds is 6. The lowest BCUT2D eigenvalue weighted by molar-refractivity contribution is 0.262. The summed E-state index contributed by atoms with van der Waals surface area (Å²) >= 11 is 5.83. The van der Waals surface area contributed by atoms with Gasteiger partial charge in [0, 0.05) is 16.4 Å². The molecule has 0 spiro atoms. The highest BCUT2D eigenvalue weighted by atomic mass is 35.5. The second kappa shape index (κ2) is 9.63. The molecule has 0 radical (unpaired) electrons. The van der Waals surface area contributed by atoms with Crippen molar-refractivity contribution >= 4 is 44.7 Å². The van der Waals surface area contributed by atoms with Crippen LogP contribution in [0.3, 0.4) is 0 Å². The van der Waals surface area contributed by atoms with Crippen LogP contribution in [0.1, 0.15) is 18.1 Å². The van der Waals surface area contributed by atoms with Crippen LogP contribution in [0.15, 0.2) is 82.8 Å². The number of anilines is 2. The molecule has 3 N–H and O–H groups in total. The fraction of sp³-hybridized carbons (Fsp3) is 0.0909. The lowest BCUT2D eigenvalue weighted by atomic mass is 10.1. The van der Waals surface area contributed by atoms with Crippen LogP contribution in [-0.4, -0.2) is 20.2 Å². The minimum Gasteiger partial charge on any atom is -0.308 e. The van der Waals surface area contributed by atoms with Crippen LogP contribution >= 0.6 is 11.6 Å². The van der Waals surface area contributed by atoms with Gasteiger partial charge in [0.05, 0.1) is 10.6 Å².